The van der Waals surface area contributed by atoms with Crippen molar-refractivity contribution in [3.8, 4) is 0 Å². The average molecular weight is 307 g/mol. The lowest BCUT2D eigenvalue weighted by molar-refractivity contribution is 0.262. The molecule has 2 N–H and O–H groups in total. The maximum absolute atomic E-state index is 13.9. The highest BCUT2D eigenvalue weighted by atomic mass is 35.5. The highest BCUT2D eigenvalue weighted by Crippen LogP contribution is 2.31. The van der Waals surface area contributed by atoms with Crippen molar-refractivity contribution in [2.24, 2.45) is 5.92 Å². The fourth-order valence-corrected chi connectivity index (χ4v) is 3.73. The summed E-state index contributed by atoms with van der Waals surface area (Å²) in [5.41, 5.74) is 5.15. The average Bonchev–Trinajstić information content (AvgIpc) is 2.27. The van der Waals surface area contributed by atoms with Gasteiger partial charge in [-0.25, -0.2) is 17.1 Å². The first-order valence-corrected chi connectivity index (χ1v) is 7.85. The van der Waals surface area contributed by atoms with Crippen LogP contribution in [0.4, 0.5) is 10.1 Å². The largest absolute Gasteiger partial charge is 0.396 e. The van der Waals surface area contributed by atoms with E-state index in [-0.39, 0.29) is 10.7 Å². The van der Waals surface area contributed by atoms with Gasteiger partial charge in [0, 0.05) is 18.6 Å². The quantitative estimate of drug-likeness (QED) is 0.869. The smallest absolute Gasteiger partial charge is 0.245 e. The van der Waals surface area contributed by atoms with E-state index < -0.39 is 20.7 Å². The van der Waals surface area contributed by atoms with Crippen LogP contribution < -0.4 is 5.73 Å². The molecule has 0 heterocycles. The standard InChI is InChI=1S/C12H16ClFN2O2S/c1-16(7-8-3-2-4-8)19(17,18)11-6-9(13)5-10(15)12(11)14/h5-6,8H,2-4,7,15H2,1H3. The topological polar surface area (TPSA) is 63.4 Å². The Morgan fingerprint density at radius 2 is 2.11 bits per heavy atom. The molecule has 0 aliphatic heterocycles. The number of benzene rings is 1. The summed E-state index contributed by atoms with van der Waals surface area (Å²) in [6.45, 7) is 0.397. The first-order valence-electron chi connectivity index (χ1n) is 6.03. The van der Waals surface area contributed by atoms with Crippen LogP contribution in [-0.2, 0) is 10.0 Å². The van der Waals surface area contributed by atoms with Gasteiger partial charge in [-0.2, -0.15) is 0 Å². The fourth-order valence-electron chi connectivity index (χ4n) is 2.08. The summed E-state index contributed by atoms with van der Waals surface area (Å²) >= 11 is 5.75. The molecule has 0 radical (unpaired) electrons. The Morgan fingerprint density at radius 1 is 1.47 bits per heavy atom. The first kappa shape index (κ1) is 14.6. The summed E-state index contributed by atoms with van der Waals surface area (Å²) in [6.07, 6.45) is 3.15. The molecule has 0 atom stereocenters. The summed E-state index contributed by atoms with van der Waals surface area (Å²) in [4.78, 5) is -0.459. The zero-order valence-corrected chi connectivity index (χ0v) is 12.1. The lowest BCUT2D eigenvalue weighted by atomic mass is 9.86. The van der Waals surface area contributed by atoms with Gasteiger partial charge in [-0.1, -0.05) is 18.0 Å². The Balaban J connectivity index is 2.32. The van der Waals surface area contributed by atoms with E-state index in [9.17, 15) is 12.8 Å². The van der Waals surface area contributed by atoms with Gasteiger partial charge in [-0.05, 0) is 30.9 Å². The van der Waals surface area contributed by atoms with Gasteiger partial charge in [0.1, 0.15) is 4.90 Å². The second-order valence-electron chi connectivity index (χ2n) is 4.89. The Hall–Kier alpha value is -0.850. The summed E-state index contributed by atoms with van der Waals surface area (Å²) < 4.78 is 39.7. The third-order valence-corrected chi connectivity index (χ3v) is 5.50. The molecular formula is C12H16ClFN2O2S. The maximum atomic E-state index is 13.9. The monoisotopic (exact) mass is 306 g/mol. The SMILES string of the molecule is CN(CC1CCC1)S(=O)(=O)c1cc(Cl)cc(N)c1F. The summed E-state index contributed by atoms with van der Waals surface area (Å²) in [7, 11) is -2.44. The Morgan fingerprint density at radius 3 is 2.63 bits per heavy atom. The number of rotatable bonds is 4. The van der Waals surface area contributed by atoms with Crippen LogP contribution in [0.3, 0.4) is 0 Å². The summed E-state index contributed by atoms with van der Waals surface area (Å²) in [6, 6.07) is 2.29. The zero-order chi connectivity index (χ0) is 14.2. The van der Waals surface area contributed by atoms with Gasteiger partial charge in [0.15, 0.2) is 5.82 Å². The van der Waals surface area contributed by atoms with Crippen molar-refractivity contribution >= 4 is 27.3 Å². The predicted molar refractivity (Wildman–Crippen MR) is 73.0 cm³/mol. The van der Waals surface area contributed by atoms with E-state index in [0.717, 1.165) is 25.3 Å². The van der Waals surface area contributed by atoms with E-state index in [0.29, 0.717) is 12.5 Å². The Labute approximate surface area is 117 Å². The minimum Gasteiger partial charge on any atom is -0.396 e. The number of nitrogen functional groups attached to an aromatic ring is 1. The molecule has 0 unspecified atom stereocenters. The second kappa shape index (κ2) is 5.26. The van der Waals surface area contributed by atoms with E-state index in [1.165, 1.54) is 17.4 Å². The molecule has 1 aromatic carbocycles. The predicted octanol–water partition coefficient (Wildman–Crippen LogP) is 2.48. The number of sulfonamides is 1. The van der Waals surface area contributed by atoms with Crippen LogP contribution in [0.5, 0.6) is 0 Å². The van der Waals surface area contributed by atoms with E-state index in [2.05, 4.69) is 0 Å². The van der Waals surface area contributed by atoms with Gasteiger partial charge in [0.05, 0.1) is 5.69 Å². The number of halogens is 2. The lowest BCUT2D eigenvalue weighted by Gasteiger charge is -2.29. The summed E-state index contributed by atoms with van der Waals surface area (Å²) in [5.74, 6) is -0.579. The number of hydrogen-bond donors (Lipinski definition) is 1. The molecule has 1 fully saturated rings. The lowest BCUT2D eigenvalue weighted by Crippen LogP contribution is -2.34. The van der Waals surface area contributed by atoms with Crippen LogP contribution in [-0.4, -0.2) is 26.3 Å². The van der Waals surface area contributed by atoms with Crippen LogP contribution in [0.1, 0.15) is 19.3 Å². The van der Waals surface area contributed by atoms with Crippen molar-refractivity contribution in [2.75, 3.05) is 19.3 Å². The highest BCUT2D eigenvalue weighted by Gasteiger charge is 2.29. The molecule has 0 saturated heterocycles. The van der Waals surface area contributed by atoms with E-state index in [4.69, 9.17) is 17.3 Å². The van der Waals surface area contributed by atoms with Gasteiger partial charge in [-0.3, -0.25) is 0 Å². The molecule has 7 heteroatoms. The molecule has 106 valence electrons. The van der Waals surface area contributed by atoms with Gasteiger partial charge in [0.25, 0.3) is 0 Å². The van der Waals surface area contributed by atoms with Crippen molar-refractivity contribution in [3.63, 3.8) is 0 Å². The van der Waals surface area contributed by atoms with E-state index >= 15 is 0 Å². The number of nitrogens with zero attached hydrogens (tertiary/aromatic N) is 1. The van der Waals surface area contributed by atoms with Crippen LogP contribution in [0.25, 0.3) is 0 Å². The molecule has 0 bridgehead atoms. The molecule has 1 aliphatic carbocycles. The van der Waals surface area contributed by atoms with Gasteiger partial charge in [-0.15, -0.1) is 0 Å². The van der Waals surface area contributed by atoms with Crippen molar-refractivity contribution in [2.45, 2.75) is 24.2 Å². The normalized spacial score (nSPS) is 16.6. The van der Waals surface area contributed by atoms with Gasteiger partial charge < -0.3 is 5.73 Å². The summed E-state index contributed by atoms with van der Waals surface area (Å²) in [5, 5.41) is 0.106. The van der Waals surface area contributed by atoms with Crippen LogP contribution in [0.2, 0.25) is 5.02 Å². The molecule has 1 aromatic rings. The van der Waals surface area contributed by atoms with Crippen molar-refractivity contribution in [3.05, 3.63) is 23.0 Å². The minimum atomic E-state index is -3.89. The molecule has 1 saturated carbocycles. The molecule has 19 heavy (non-hydrogen) atoms. The molecule has 4 nitrogen and oxygen atoms in total. The molecular weight excluding hydrogens is 291 g/mol. The van der Waals surface area contributed by atoms with Crippen molar-refractivity contribution < 1.29 is 12.8 Å². The maximum Gasteiger partial charge on any atom is 0.245 e. The van der Waals surface area contributed by atoms with Crippen molar-refractivity contribution in [1.82, 2.24) is 4.31 Å². The number of hydrogen-bond acceptors (Lipinski definition) is 3. The fraction of sp³-hybridized carbons (Fsp3) is 0.500. The van der Waals surface area contributed by atoms with Crippen LogP contribution >= 0.6 is 11.6 Å². The number of anilines is 1. The van der Waals surface area contributed by atoms with Crippen LogP contribution in [0, 0.1) is 11.7 Å². The molecule has 0 amide bonds. The van der Waals surface area contributed by atoms with E-state index in [1.807, 2.05) is 0 Å². The van der Waals surface area contributed by atoms with Gasteiger partial charge >= 0.3 is 0 Å². The molecule has 2 rings (SSSR count). The van der Waals surface area contributed by atoms with Crippen LogP contribution in [0.15, 0.2) is 17.0 Å². The zero-order valence-electron chi connectivity index (χ0n) is 10.6. The molecule has 1 aliphatic rings. The number of nitrogens with two attached hydrogens (primary N) is 1. The molecule has 0 spiro atoms. The third kappa shape index (κ3) is 2.85. The Kier molecular flexibility index (Phi) is 4.03. The third-order valence-electron chi connectivity index (χ3n) is 3.46. The van der Waals surface area contributed by atoms with Crippen molar-refractivity contribution in [1.29, 1.82) is 0 Å². The Bertz CT molecular complexity index is 588. The highest BCUT2D eigenvalue weighted by molar-refractivity contribution is 7.89. The minimum absolute atomic E-state index is 0.106. The second-order valence-corrected chi connectivity index (χ2v) is 7.34. The van der Waals surface area contributed by atoms with Gasteiger partial charge in [0.2, 0.25) is 10.0 Å². The van der Waals surface area contributed by atoms with E-state index in [1.54, 1.807) is 0 Å². The first-order chi connectivity index (χ1) is 8.82. The molecule has 0 aromatic heterocycles.